The number of rotatable bonds is 5. The first-order valence-electron chi connectivity index (χ1n) is 6.44. The summed E-state index contributed by atoms with van der Waals surface area (Å²) in [6.07, 6.45) is 0. The number of pyridine rings is 1. The molecule has 0 aliphatic heterocycles. The number of hydrogen-bond acceptors (Lipinski definition) is 3. The van der Waals surface area contributed by atoms with Crippen molar-refractivity contribution in [3.8, 4) is 11.3 Å². The molecule has 0 unspecified atom stereocenters. The van der Waals surface area contributed by atoms with E-state index in [1.165, 1.54) is 6.92 Å². The minimum atomic E-state index is -0.268. The number of ether oxygens (including phenoxy) is 1. The molecule has 1 aromatic heterocycles. The van der Waals surface area contributed by atoms with Crippen LogP contribution in [0.15, 0.2) is 47.3 Å². The highest BCUT2D eigenvalue weighted by Gasteiger charge is 2.12. The van der Waals surface area contributed by atoms with Gasteiger partial charge < -0.3 is 9.30 Å². The molecule has 0 atom stereocenters. The van der Waals surface area contributed by atoms with Crippen LogP contribution in [0.4, 0.5) is 0 Å². The quantitative estimate of drug-likeness (QED) is 0.784. The summed E-state index contributed by atoms with van der Waals surface area (Å²) in [5.74, 6) is -0.222. The zero-order chi connectivity index (χ0) is 14.5. The van der Waals surface area contributed by atoms with Crippen LogP contribution in [0.1, 0.15) is 17.3 Å². The number of nitrogens with zero attached hydrogens (tertiary/aromatic N) is 1. The Labute approximate surface area is 117 Å². The molecule has 2 rings (SSSR count). The van der Waals surface area contributed by atoms with Crippen LogP contribution in [0.25, 0.3) is 11.3 Å². The molecular weight excluding hydrogens is 254 g/mol. The number of benzene rings is 1. The van der Waals surface area contributed by atoms with E-state index >= 15 is 0 Å². The number of ketones is 1. The molecule has 0 N–H and O–H groups in total. The molecule has 0 bridgehead atoms. The van der Waals surface area contributed by atoms with Crippen LogP contribution in [0.5, 0.6) is 0 Å². The Morgan fingerprint density at radius 3 is 2.45 bits per heavy atom. The van der Waals surface area contributed by atoms with E-state index in [0.717, 1.165) is 11.3 Å². The topological polar surface area (TPSA) is 48.3 Å². The molecule has 0 aliphatic carbocycles. The molecule has 20 heavy (non-hydrogen) atoms. The van der Waals surface area contributed by atoms with E-state index < -0.39 is 0 Å². The van der Waals surface area contributed by atoms with Crippen molar-refractivity contribution < 1.29 is 9.53 Å². The molecule has 1 aromatic carbocycles. The fourth-order valence-corrected chi connectivity index (χ4v) is 2.11. The highest BCUT2D eigenvalue weighted by molar-refractivity contribution is 5.93. The highest BCUT2D eigenvalue weighted by atomic mass is 16.5. The lowest BCUT2D eigenvalue weighted by molar-refractivity contribution is 0.101. The molecule has 1 heterocycles. The summed E-state index contributed by atoms with van der Waals surface area (Å²) in [5, 5.41) is 0. The van der Waals surface area contributed by atoms with Gasteiger partial charge in [0.05, 0.1) is 17.9 Å². The van der Waals surface area contributed by atoms with Crippen LogP contribution in [0.2, 0.25) is 0 Å². The molecule has 4 nitrogen and oxygen atoms in total. The van der Waals surface area contributed by atoms with Gasteiger partial charge in [0.15, 0.2) is 5.78 Å². The largest absolute Gasteiger partial charge is 0.383 e. The third-order valence-electron chi connectivity index (χ3n) is 3.14. The highest BCUT2D eigenvalue weighted by Crippen LogP contribution is 2.18. The van der Waals surface area contributed by atoms with Gasteiger partial charge in [0.25, 0.3) is 5.56 Å². The van der Waals surface area contributed by atoms with E-state index in [-0.39, 0.29) is 16.9 Å². The summed E-state index contributed by atoms with van der Waals surface area (Å²) in [6, 6.07) is 13.0. The first-order valence-corrected chi connectivity index (χ1v) is 6.44. The van der Waals surface area contributed by atoms with Gasteiger partial charge >= 0.3 is 0 Å². The molecule has 0 aliphatic rings. The number of aromatic nitrogens is 1. The second-order valence-corrected chi connectivity index (χ2v) is 4.50. The number of Topliss-reactive ketones (excluding diaryl/α,β-unsaturated/α-hetero) is 1. The SMILES string of the molecule is COCCn1c(-c2ccccc2)ccc(C(C)=O)c1=O. The Kier molecular flexibility index (Phi) is 4.48. The molecule has 0 amide bonds. The van der Waals surface area contributed by atoms with Crippen LogP contribution in [0.3, 0.4) is 0 Å². The monoisotopic (exact) mass is 271 g/mol. The van der Waals surface area contributed by atoms with Gasteiger partial charge in [-0.2, -0.15) is 0 Å². The van der Waals surface area contributed by atoms with Crippen molar-refractivity contribution >= 4 is 5.78 Å². The fourth-order valence-electron chi connectivity index (χ4n) is 2.11. The zero-order valence-electron chi connectivity index (χ0n) is 11.6. The second kappa shape index (κ2) is 6.30. The second-order valence-electron chi connectivity index (χ2n) is 4.50. The maximum Gasteiger partial charge on any atom is 0.261 e. The molecule has 2 aromatic rings. The van der Waals surface area contributed by atoms with Crippen LogP contribution >= 0.6 is 0 Å². The predicted octanol–water partition coefficient (Wildman–Crippen LogP) is 2.36. The van der Waals surface area contributed by atoms with E-state index in [4.69, 9.17) is 4.74 Å². The van der Waals surface area contributed by atoms with Crippen LogP contribution < -0.4 is 5.56 Å². The van der Waals surface area contributed by atoms with Crippen LogP contribution in [0, 0.1) is 0 Å². The van der Waals surface area contributed by atoms with Crippen LogP contribution in [-0.2, 0) is 11.3 Å². The van der Waals surface area contributed by atoms with Gasteiger partial charge in [0.2, 0.25) is 0 Å². The first kappa shape index (κ1) is 14.2. The molecule has 4 heteroatoms. The summed E-state index contributed by atoms with van der Waals surface area (Å²) < 4.78 is 6.64. The van der Waals surface area contributed by atoms with Crippen molar-refractivity contribution in [1.82, 2.24) is 4.57 Å². The summed E-state index contributed by atoms with van der Waals surface area (Å²) in [5.41, 5.74) is 1.67. The van der Waals surface area contributed by atoms with Crippen molar-refractivity contribution in [2.75, 3.05) is 13.7 Å². The lowest BCUT2D eigenvalue weighted by Crippen LogP contribution is -2.28. The summed E-state index contributed by atoms with van der Waals surface area (Å²) in [7, 11) is 1.59. The molecule has 0 fully saturated rings. The van der Waals surface area contributed by atoms with Crippen molar-refractivity contribution in [3.05, 3.63) is 58.4 Å². The lowest BCUT2D eigenvalue weighted by atomic mass is 10.1. The third-order valence-corrected chi connectivity index (χ3v) is 3.14. The average molecular weight is 271 g/mol. The molecular formula is C16H17NO3. The number of carbonyl (C=O) groups is 1. The van der Waals surface area contributed by atoms with Gasteiger partial charge in [-0.1, -0.05) is 30.3 Å². The van der Waals surface area contributed by atoms with E-state index in [1.54, 1.807) is 17.7 Å². The van der Waals surface area contributed by atoms with Crippen molar-refractivity contribution in [2.24, 2.45) is 0 Å². The van der Waals surface area contributed by atoms with E-state index in [2.05, 4.69) is 0 Å². The minimum absolute atomic E-state index is 0.209. The maximum absolute atomic E-state index is 12.4. The molecule has 104 valence electrons. The fraction of sp³-hybridized carbons (Fsp3) is 0.250. The van der Waals surface area contributed by atoms with Crippen molar-refractivity contribution in [2.45, 2.75) is 13.5 Å². The number of hydrogen-bond donors (Lipinski definition) is 0. The van der Waals surface area contributed by atoms with E-state index in [0.29, 0.717) is 13.2 Å². The summed E-state index contributed by atoms with van der Waals surface area (Å²) >= 11 is 0. The molecule has 0 radical (unpaired) electrons. The predicted molar refractivity (Wildman–Crippen MR) is 78.0 cm³/mol. The average Bonchev–Trinajstić information content (AvgIpc) is 2.46. The van der Waals surface area contributed by atoms with Gasteiger partial charge in [-0.05, 0) is 24.6 Å². The molecule has 0 saturated carbocycles. The van der Waals surface area contributed by atoms with Gasteiger partial charge in [0, 0.05) is 13.7 Å². The Morgan fingerprint density at radius 1 is 1.15 bits per heavy atom. The molecule has 0 spiro atoms. The number of methoxy groups -OCH3 is 1. The van der Waals surface area contributed by atoms with E-state index in [9.17, 15) is 9.59 Å². The number of carbonyl (C=O) groups excluding carboxylic acids is 1. The van der Waals surface area contributed by atoms with Gasteiger partial charge in [-0.3, -0.25) is 9.59 Å². The van der Waals surface area contributed by atoms with Crippen molar-refractivity contribution in [1.29, 1.82) is 0 Å². The Morgan fingerprint density at radius 2 is 1.85 bits per heavy atom. The Bertz CT molecular complexity index is 659. The lowest BCUT2D eigenvalue weighted by Gasteiger charge is -2.13. The smallest absolute Gasteiger partial charge is 0.261 e. The zero-order valence-corrected chi connectivity index (χ0v) is 11.6. The van der Waals surface area contributed by atoms with Crippen LogP contribution in [-0.4, -0.2) is 24.1 Å². The standard InChI is InChI=1S/C16H17NO3/c1-12(18)14-8-9-15(13-6-4-3-5-7-13)17(16(14)19)10-11-20-2/h3-9H,10-11H2,1-2H3. The summed E-state index contributed by atoms with van der Waals surface area (Å²) in [6.45, 7) is 2.24. The Hall–Kier alpha value is -2.20. The van der Waals surface area contributed by atoms with Crippen molar-refractivity contribution in [3.63, 3.8) is 0 Å². The Balaban J connectivity index is 2.60. The van der Waals surface area contributed by atoms with Gasteiger partial charge in [-0.25, -0.2) is 0 Å². The first-order chi connectivity index (χ1) is 9.65. The maximum atomic E-state index is 12.4. The normalized spacial score (nSPS) is 10.5. The third kappa shape index (κ3) is 2.86. The van der Waals surface area contributed by atoms with Gasteiger partial charge in [0.1, 0.15) is 0 Å². The minimum Gasteiger partial charge on any atom is -0.383 e. The van der Waals surface area contributed by atoms with E-state index in [1.807, 2.05) is 36.4 Å². The summed E-state index contributed by atoms with van der Waals surface area (Å²) in [4.78, 5) is 23.9. The van der Waals surface area contributed by atoms with Gasteiger partial charge in [-0.15, -0.1) is 0 Å². The molecule has 0 saturated heterocycles.